The minimum absolute atomic E-state index is 0.0459. The first-order valence-corrected chi connectivity index (χ1v) is 7.29. The van der Waals surface area contributed by atoms with E-state index in [-0.39, 0.29) is 12.2 Å². The zero-order valence-electron chi connectivity index (χ0n) is 11.5. The number of hydrogen-bond donors (Lipinski definition) is 0. The maximum absolute atomic E-state index is 10.3. The molecule has 0 unspecified atom stereocenters. The molecule has 1 saturated heterocycles. The fourth-order valence-electron chi connectivity index (χ4n) is 3.19. The number of rotatable bonds is 5. The molecule has 0 bridgehead atoms. The van der Waals surface area contributed by atoms with Gasteiger partial charge >= 0.3 is 0 Å². The van der Waals surface area contributed by atoms with Crippen molar-refractivity contribution >= 4 is 6.47 Å². The molecule has 2 atom stereocenters. The van der Waals surface area contributed by atoms with Gasteiger partial charge in [-0.15, -0.1) is 0 Å². The smallest absolute Gasteiger partial charge is 0.293 e. The van der Waals surface area contributed by atoms with Gasteiger partial charge < -0.3 is 14.2 Å². The van der Waals surface area contributed by atoms with E-state index in [0.29, 0.717) is 19.5 Å². The SMILES string of the molecule is O=COCC[C@@H]1OC2(CCCC2)O[C@H]1c1ccccc1. The van der Waals surface area contributed by atoms with Gasteiger partial charge in [-0.05, 0) is 18.4 Å². The molecule has 108 valence electrons. The van der Waals surface area contributed by atoms with Crippen molar-refractivity contribution in [3.8, 4) is 0 Å². The van der Waals surface area contributed by atoms with Crippen LogP contribution in [-0.4, -0.2) is 25.0 Å². The lowest BCUT2D eigenvalue weighted by atomic mass is 10.0. The second-order valence-electron chi connectivity index (χ2n) is 5.48. The first kappa shape index (κ1) is 13.6. The van der Waals surface area contributed by atoms with Gasteiger partial charge in [-0.3, -0.25) is 4.79 Å². The molecule has 1 aromatic rings. The molecule has 0 amide bonds. The summed E-state index contributed by atoms with van der Waals surface area (Å²) in [6, 6.07) is 10.1. The Bertz CT molecular complexity index is 439. The lowest BCUT2D eigenvalue weighted by molar-refractivity contribution is -0.170. The van der Waals surface area contributed by atoms with Crippen LogP contribution in [0.3, 0.4) is 0 Å². The highest BCUT2D eigenvalue weighted by molar-refractivity contribution is 5.36. The molecular weight excluding hydrogens is 256 g/mol. The lowest BCUT2D eigenvalue weighted by Gasteiger charge is -2.22. The molecular formula is C16H20O4. The van der Waals surface area contributed by atoms with Crippen LogP contribution in [0.25, 0.3) is 0 Å². The Kier molecular flexibility index (Phi) is 4.03. The van der Waals surface area contributed by atoms with Crippen molar-refractivity contribution in [2.45, 2.75) is 50.1 Å². The first-order chi connectivity index (χ1) is 9.83. The van der Waals surface area contributed by atoms with Crippen LogP contribution in [0.5, 0.6) is 0 Å². The third-order valence-electron chi connectivity index (χ3n) is 4.13. The van der Waals surface area contributed by atoms with Gasteiger partial charge in [0.25, 0.3) is 6.47 Å². The molecule has 1 aliphatic heterocycles. The molecule has 0 aromatic heterocycles. The van der Waals surface area contributed by atoms with Crippen LogP contribution < -0.4 is 0 Å². The summed E-state index contributed by atoms with van der Waals surface area (Å²) >= 11 is 0. The summed E-state index contributed by atoms with van der Waals surface area (Å²) in [6.07, 6.45) is 4.78. The Hall–Kier alpha value is -1.39. The Morgan fingerprint density at radius 3 is 2.65 bits per heavy atom. The topological polar surface area (TPSA) is 44.8 Å². The normalized spacial score (nSPS) is 27.8. The second kappa shape index (κ2) is 5.94. The molecule has 0 radical (unpaired) electrons. The highest BCUT2D eigenvalue weighted by Crippen LogP contribution is 2.47. The van der Waals surface area contributed by atoms with Gasteiger partial charge in [0.2, 0.25) is 0 Å². The van der Waals surface area contributed by atoms with Crippen LogP contribution in [-0.2, 0) is 19.0 Å². The molecule has 1 heterocycles. The zero-order valence-corrected chi connectivity index (χ0v) is 11.5. The van der Waals surface area contributed by atoms with Gasteiger partial charge in [0, 0.05) is 19.3 Å². The van der Waals surface area contributed by atoms with Crippen molar-refractivity contribution in [3.05, 3.63) is 35.9 Å². The minimum Gasteiger partial charge on any atom is -0.468 e. The molecule has 1 aromatic carbocycles. The van der Waals surface area contributed by atoms with E-state index in [0.717, 1.165) is 31.2 Å². The average Bonchev–Trinajstić information content (AvgIpc) is 3.08. The maximum atomic E-state index is 10.3. The summed E-state index contributed by atoms with van der Waals surface area (Å²) in [6.45, 7) is 0.857. The van der Waals surface area contributed by atoms with Crippen LogP contribution in [0.4, 0.5) is 0 Å². The standard InChI is InChI=1S/C16H20O4/c17-12-18-11-8-14-15(13-6-2-1-3-7-13)20-16(19-14)9-4-5-10-16/h1-3,6-7,12,14-15H,4-5,8-11H2/t14-,15-/m0/s1. The Balaban J connectivity index is 1.75. The van der Waals surface area contributed by atoms with E-state index in [1.807, 2.05) is 18.2 Å². The molecule has 4 heteroatoms. The third kappa shape index (κ3) is 2.72. The highest BCUT2D eigenvalue weighted by Gasteiger charge is 2.49. The van der Waals surface area contributed by atoms with E-state index in [1.54, 1.807) is 0 Å². The summed E-state index contributed by atoms with van der Waals surface area (Å²) in [5, 5.41) is 0. The predicted molar refractivity (Wildman–Crippen MR) is 73.0 cm³/mol. The summed E-state index contributed by atoms with van der Waals surface area (Å²) < 4.78 is 17.3. The first-order valence-electron chi connectivity index (χ1n) is 7.29. The van der Waals surface area contributed by atoms with Crippen LogP contribution in [0, 0.1) is 0 Å². The number of carbonyl (C=O) groups excluding carboxylic acids is 1. The van der Waals surface area contributed by atoms with Gasteiger partial charge in [0.1, 0.15) is 6.10 Å². The van der Waals surface area contributed by atoms with Crippen LogP contribution in [0.2, 0.25) is 0 Å². The summed E-state index contributed by atoms with van der Waals surface area (Å²) in [7, 11) is 0. The summed E-state index contributed by atoms with van der Waals surface area (Å²) in [5.74, 6) is -0.410. The molecule has 2 fully saturated rings. The molecule has 3 rings (SSSR count). The van der Waals surface area contributed by atoms with E-state index < -0.39 is 5.79 Å². The molecule has 1 saturated carbocycles. The van der Waals surface area contributed by atoms with E-state index in [4.69, 9.17) is 14.2 Å². The largest absolute Gasteiger partial charge is 0.468 e. The number of carbonyl (C=O) groups is 1. The fraction of sp³-hybridized carbons (Fsp3) is 0.562. The van der Waals surface area contributed by atoms with Gasteiger partial charge in [0.15, 0.2) is 5.79 Å². The van der Waals surface area contributed by atoms with E-state index in [1.165, 1.54) is 0 Å². The van der Waals surface area contributed by atoms with E-state index >= 15 is 0 Å². The van der Waals surface area contributed by atoms with Gasteiger partial charge in [0.05, 0.1) is 12.7 Å². The van der Waals surface area contributed by atoms with E-state index in [9.17, 15) is 4.79 Å². The van der Waals surface area contributed by atoms with Crippen LogP contribution in [0.1, 0.15) is 43.8 Å². The Morgan fingerprint density at radius 1 is 1.20 bits per heavy atom. The highest BCUT2D eigenvalue weighted by atomic mass is 16.8. The van der Waals surface area contributed by atoms with Crippen molar-refractivity contribution < 1.29 is 19.0 Å². The predicted octanol–water partition coefficient (Wildman–Crippen LogP) is 2.98. The molecule has 20 heavy (non-hydrogen) atoms. The number of hydrogen-bond acceptors (Lipinski definition) is 4. The van der Waals surface area contributed by atoms with E-state index in [2.05, 4.69) is 12.1 Å². The third-order valence-corrected chi connectivity index (χ3v) is 4.13. The fourth-order valence-corrected chi connectivity index (χ4v) is 3.19. The second-order valence-corrected chi connectivity index (χ2v) is 5.48. The number of ether oxygens (including phenoxy) is 3. The van der Waals surface area contributed by atoms with Gasteiger partial charge in [-0.1, -0.05) is 30.3 Å². The Morgan fingerprint density at radius 2 is 1.95 bits per heavy atom. The molecule has 1 spiro atoms. The molecule has 1 aliphatic carbocycles. The summed E-state index contributed by atoms with van der Waals surface area (Å²) in [5.41, 5.74) is 1.13. The van der Waals surface area contributed by atoms with Crippen molar-refractivity contribution in [1.82, 2.24) is 0 Å². The van der Waals surface area contributed by atoms with Crippen molar-refractivity contribution in [1.29, 1.82) is 0 Å². The summed E-state index contributed by atoms with van der Waals surface area (Å²) in [4.78, 5) is 10.3. The average molecular weight is 276 g/mol. The monoisotopic (exact) mass is 276 g/mol. The lowest BCUT2D eigenvalue weighted by Crippen LogP contribution is -2.26. The van der Waals surface area contributed by atoms with Gasteiger partial charge in [-0.25, -0.2) is 0 Å². The minimum atomic E-state index is -0.410. The van der Waals surface area contributed by atoms with Crippen molar-refractivity contribution in [2.75, 3.05) is 6.61 Å². The van der Waals surface area contributed by atoms with Gasteiger partial charge in [-0.2, -0.15) is 0 Å². The van der Waals surface area contributed by atoms with Crippen molar-refractivity contribution in [3.63, 3.8) is 0 Å². The Labute approximate surface area is 119 Å². The van der Waals surface area contributed by atoms with Crippen LogP contribution >= 0.6 is 0 Å². The molecule has 0 N–H and O–H groups in total. The number of benzene rings is 1. The maximum Gasteiger partial charge on any atom is 0.293 e. The zero-order chi connectivity index (χ0) is 13.8. The van der Waals surface area contributed by atoms with Crippen molar-refractivity contribution in [2.24, 2.45) is 0 Å². The quantitative estimate of drug-likeness (QED) is 0.612. The molecule has 2 aliphatic rings. The van der Waals surface area contributed by atoms with Crippen LogP contribution in [0.15, 0.2) is 30.3 Å². The molecule has 4 nitrogen and oxygen atoms in total.